The molecule has 1 amide bonds. The molecule has 1 aliphatic rings. The number of nitrogens with one attached hydrogen (secondary N) is 1. The van der Waals surface area contributed by atoms with Crippen molar-refractivity contribution in [3.63, 3.8) is 0 Å². The summed E-state index contributed by atoms with van der Waals surface area (Å²) in [5.41, 5.74) is 0.732. The standard InChI is InChI=1S/C18H20N2O3/c21-15-10-11-20(12-15)13-18(22)19-14-6-8-17(9-7-14)23-16-4-2-1-3-5-16/h1-9,15,21H,10-13H2,(H,19,22)/t15-/m0/s1. The summed E-state index contributed by atoms with van der Waals surface area (Å²) in [5.74, 6) is 1.42. The summed E-state index contributed by atoms with van der Waals surface area (Å²) in [5, 5.41) is 12.3. The molecule has 23 heavy (non-hydrogen) atoms. The molecule has 2 aromatic rings. The number of aliphatic hydroxyl groups is 1. The average Bonchev–Trinajstić information content (AvgIpc) is 2.95. The number of para-hydroxylation sites is 1. The monoisotopic (exact) mass is 312 g/mol. The highest BCUT2D eigenvalue weighted by Crippen LogP contribution is 2.22. The number of β-amino-alcohol motifs (C(OH)–C–C–N with tert-alkyl or cyclic N) is 1. The average molecular weight is 312 g/mol. The molecule has 1 saturated heterocycles. The van der Waals surface area contributed by atoms with Crippen LogP contribution in [0, 0.1) is 0 Å². The Balaban J connectivity index is 1.52. The summed E-state index contributed by atoms with van der Waals surface area (Å²) >= 11 is 0. The van der Waals surface area contributed by atoms with Crippen LogP contribution in [0.3, 0.4) is 0 Å². The molecule has 120 valence electrons. The van der Waals surface area contributed by atoms with Crippen molar-refractivity contribution in [2.75, 3.05) is 25.0 Å². The molecule has 1 fully saturated rings. The molecule has 5 nitrogen and oxygen atoms in total. The number of rotatable bonds is 5. The molecule has 0 bridgehead atoms. The molecule has 0 radical (unpaired) electrons. The van der Waals surface area contributed by atoms with E-state index in [0.717, 1.165) is 30.2 Å². The highest BCUT2D eigenvalue weighted by atomic mass is 16.5. The largest absolute Gasteiger partial charge is 0.457 e. The van der Waals surface area contributed by atoms with Gasteiger partial charge in [-0.2, -0.15) is 0 Å². The molecule has 1 atom stereocenters. The van der Waals surface area contributed by atoms with Gasteiger partial charge in [0.15, 0.2) is 0 Å². The number of nitrogens with zero attached hydrogens (tertiary/aromatic N) is 1. The van der Waals surface area contributed by atoms with Crippen LogP contribution in [0.25, 0.3) is 0 Å². The highest BCUT2D eigenvalue weighted by molar-refractivity contribution is 5.92. The fraction of sp³-hybridized carbons (Fsp3) is 0.278. The molecular formula is C18H20N2O3. The van der Waals surface area contributed by atoms with Crippen molar-refractivity contribution in [3.8, 4) is 11.5 Å². The third-order valence-electron chi connectivity index (χ3n) is 3.73. The van der Waals surface area contributed by atoms with E-state index in [0.29, 0.717) is 13.1 Å². The maximum atomic E-state index is 12.0. The van der Waals surface area contributed by atoms with Gasteiger partial charge in [0.2, 0.25) is 5.91 Å². The Bertz CT molecular complexity index is 643. The van der Waals surface area contributed by atoms with Gasteiger partial charge in [0.1, 0.15) is 11.5 Å². The van der Waals surface area contributed by atoms with Crippen molar-refractivity contribution < 1.29 is 14.6 Å². The van der Waals surface area contributed by atoms with Crippen molar-refractivity contribution in [1.29, 1.82) is 0 Å². The Labute approximate surface area is 135 Å². The molecule has 1 aliphatic heterocycles. The smallest absolute Gasteiger partial charge is 0.238 e. The lowest BCUT2D eigenvalue weighted by atomic mass is 10.3. The highest BCUT2D eigenvalue weighted by Gasteiger charge is 2.21. The molecule has 0 aliphatic carbocycles. The number of hydrogen-bond donors (Lipinski definition) is 2. The molecule has 5 heteroatoms. The molecule has 3 rings (SSSR count). The number of amides is 1. The lowest BCUT2D eigenvalue weighted by molar-refractivity contribution is -0.117. The molecule has 2 N–H and O–H groups in total. The van der Waals surface area contributed by atoms with Crippen LogP contribution in [0.5, 0.6) is 11.5 Å². The fourth-order valence-electron chi connectivity index (χ4n) is 2.59. The Kier molecular flexibility index (Phi) is 4.90. The van der Waals surface area contributed by atoms with Crippen LogP contribution in [0.15, 0.2) is 54.6 Å². The second kappa shape index (κ2) is 7.26. The van der Waals surface area contributed by atoms with Gasteiger partial charge in [0, 0.05) is 18.8 Å². The predicted octanol–water partition coefficient (Wildman–Crippen LogP) is 2.48. The zero-order chi connectivity index (χ0) is 16.1. The molecule has 1 heterocycles. The number of carbonyl (C=O) groups excluding carboxylic acids is 1. The van der Waals surface area contributed by atoms with E-state index < -0.39 is 0 Å². The van der Waals surface area contributed by atoms with Crippen molar-refractivity contribution in [2.45, 2.75) is 12.5 Å². The van der Waals surface area contributed by atoms with Gasteiger partial charge in [-0.1, -0.05) is 18.2 Å². The summed E-state index contributed by atoms with van der Waals surface area (Å²) in [6, 6.07) is 16.8. The van der Waals surface area contributed by atoms with E-state index in [-0.39, 0.29) is 12.0 Å². The minimum atomic E-state index is -0.308. The first-order valence-electron chi connectivity index (χ1n) is 7.72. The number of anilines is 1. The Morgan fingerprint density at radius 1 is 1.13 bits per heavy atom. The molecule has 0 spiro atoms. The molecular weight excluding hydrogens is 292 g/mol. The van der Waals surface area contributed by atoms with E-state index in [1.54, 1.807) is 0 Å². The van der Waals surface area contributed by atoms with Crippen molar-refractivity contribution in [2.24, 2.45) is 0 Å². The summed E-state index contributed by atoms with van der Waals surface area (Å²) in [4.78, 5) is 13.9. The predicted molar refractivity (Wildman–Crippen MR) is 88.7 cm³/mol. The summed E-state index contributed by atoms with van der Waals surface area (Å²) in [6.07, 6.45) is 0.427. The lowest BCUT2D eigenvalue weighted by Crippen LogP contribution is -2.32. The fourth-order valence-corrected chi connectivity index (χ4v) is 2.59. The van der Waals surface area contributed by atoms with Crippen molar-refractivity contribution in [3.05, 3.63) is 54.6 Å². The van der Waals surface area contributed by atoms with Crippen LogP contribution in [0.1, 0.15) is 6.42 Å². The summed E-state index contributed by atoms with van der Waals surface area (Å²) < 4.78 is 5.71. The Morgan fingerprint density at radius 3 is 2.48 bits per heavy atom. The van der Waals surface area contributed by atoms with E-state index in [1.165, 1.54) is 0 Å². The minimum absolute atomic E-state index is 0.0733. The Hall–Kier alpha value is -2.37. The maximum Gasteiger partial charge on any atom is 0.238 e. The molecule has 2 aromatic carbocycles. The second-order valence-electron chi connectivity index (χ2n) is 5.67. The molecule has 0 aromatic heterocycles. The second-order valence-corrected chi connectivity index (χ2v) is 5.67. The summed E-state index contributed by atoms with van der Waals surface area (Å²) in [7, 11) is 0. The van der Waals surface area contributed by atoms with Gasteiger partial charge in [-0.15, -0.1) is 0 Å². The number of hydrogen-bond acceptors (Lipinski definition) is 4. The third-order valence-corrected chi connectivity index (χ3v) is 3.73. The topological polar surface area (TPSA) is 61.8 Å². The van der Waals surface area contributed by atoms with E-state index in [1.807, 2.05) is 59.5 Å². The van der Waals surface area contributed by atoms with Crippen LogP contribution in [0.4, 0.5) is 5.69 Å². The first kappa shape index (κ1) is 15.5. The summed E-state index contributed by atoms with van der Waals surface area (Å²) in [6.45, 7) is 1.63. The number of carbonyl (C=O) groups is 1. The van der Waals surface area contributed by atoms with Crippen LogP contribution in [-0.4, -0.2) is 41.7 Å². The lowest BCUT2D eigenvalue weighted by Gasteiger charge is -2.14. The third kappa shape index (κ3) is 4.55. The van der Waals surface area contributed by atoms with E-state index in [9.17, 15) is 9.90 Å². The van der Waals surface area contributed by atoms with Gasteiger partial charge in [-0.05, 0) is 42.8 Å². The van der Waals surface area contributed by atoms with Crippen molar-refractivity contribution in [1.82, 2.24) is 4.90 Å². The maximum absolute atomic E-state index is 12.0. The number of likely N-dealkylation sites (tertiary alicyclic amines) is 1. The first-order chi connectivity index (χ1) is 11.2. The molecule has 0 saturated carbocycles. The number of aliphatic hydroxyl groups excluding tert-OH is 1. The Morgan fingerprint density at radius 2 is 1.83 bits per heavy atom. The number of benzene rings is 2. The van der Waals surface area contributed by atoms with Gasteiger partial charge in [-0.3, -0.25) is 9.69 Å². The first-order valence-corrected chi connectivity index (χ1v) is 7.72. The van der Waals surface area contributed by atoms with E-state index >= 15 is 0 Å². The van der Waals surface area contributed by atoms with Crippen LogP contribution in [0.2, 0.25) is 0 Å². The van der Waals surface area contributed by atoms with Gasteiger partial charge in [0.05, 0.1) is 12.6 Å². The van der Waals surface area contributed by atoms with E-state index in [2.05, 4.69) is 5.32 Å². The van der Waals surface area contributed by atoms with Gasteiger partial charge in [-0.25, -0.2) is 0 Å². The minimum Gasteiger partial charge on any atom is -0.457 e. The van der Waals surface area contributed by atoms with Gasteiger partial charge >= 0.3 is 0 Å². The SMILES string of the molecule is O=C(CN1CC[C@H](O)C1)Nc1ccc(Oc2ccccc2)cc1. The normalized spacial score (nSPS) is 17.9. The number of ether oxygens (including phenoxy) is 1. The van der Waals surface area contributed by atoms with Gasteiger partial charge in [0.25, 0.3) is 0 Å². The van der Waals surface area contributed by atoms with Crippen LogP contribution in [-0.2, 0) is 4.79 Å². The van der Waals surface area contributed by atoms with E-state index in [4.69, 9.17) is 4.74 Å². The molecule has 0 unspecified atom stereocenters. The zero-order valence-corrected chi connectivity index (χ0v) is 12.8. The van der Waals surface area contributed by atoms with Crippen LogP contribution >= 0.6 is 0 Å². The zero-order valence-electron chi connectivity index (χ0n) is 12.8. The van der Waals surface area contributed by atoms with Gasteiger partial charge < -0.3 is 15.2 Å². The van der Waals surface area contributed by atoms with Crippen molar-refractivity contribution >= 4 is 11.6 Å². The quantitative estimate of drug-likeness (QED) is 0.890. The van der Waals surface area contributed by atoms with Crippen LogP contribution < -0.4 is 10.1 Å².